The van der Waals surface area contributed by atoms with E-state index in [4.69, 9.17) is 4.74 Å². The highest BCUT2D eigenvalue weighted by atomic mass is 16.6. The van der Waals surface area contributed by atoms with Crippen LogP contribution in [0.2, 0.25) is 0 Å². The number of carbonyl (C=O) groups is 2. The lowest BCUT2D eigenvalue weighted by Gasteiger charge is -2.37. The van der Waals surface area contributed by atoms with Crippen LogP contribution in [0.25, 0.3) is 11.1 Å². The van der Waals surface area contributed by atoms with Crippen LogP contribution < -0.4 is 0 Å². The number of carboxylic acid groups (broad SMARTS) is 1. The molecule has 1 aliphatic carbocycles. The van der Waals surface area contributed by atoms with Gasteiger partial charge < -0.3 is 14.7 Å². The topological polar surface area (TPSA) is 70.1 Å². The van der Waals surface area contributed by atoms with E-state index in [1.165, 1.54) is 22.3 Å². The van der Waals surface area contributed by atoms with Crippen LogP contribution >= 0.6 is 0 Å². The number of nitrogens with zero attached hydrogens (tertiary/aromatic N) is 2. The van der Waals surface area contributed by atoms with Crippen molar-refractivity contribution < 1.29 is 19.4 Å². The molecule has 30 heavy (non-hydrogen) atoms. The van der Waals surface area contributed by atoms with Crippen molar-refractivity contribution in [2.45, 2.75) is 31.7 Å². The van der Waals surface area contributed by atoms with Gasteiger partial charge in [-0.05, 0) is 28.7 Å². The summed E-state index contributed by atoms with van der Waals surface area (Å²) in [4.78, 5) is 27.8. The van der Waals surface area contributed by atoms with E-state index in [1.54, 1.807) is 4.90 Å². The molecule has 0 radical (unpaired) electrons. The molecule has 1 unspecified atom stereocenters. The minimum absolute atomic E-state index is 0.0450. The SMILES string of the molecule is CCCC(C(=O)O)N1CCN(C(=O)OCC2c3ccccc3-c3ccccc32)CC1. The molecule has 1 atom stereocenters. The average Bonchev–Trinajstić information content (AvgIpc) is 3.09. The molecule has 0 saturated carbocycles. The molecule has 2 aliphatic rings. The van der Waals surface area contributed by atoms with E-state index in [1.807, 2.05) is 36.1 Å². The van der Waals surface area contributed by atoms with Crippen molar-refractivity contribution in [1.82, 2.24) is 9.80 Å². The quantitative estimate of drug-likeness (QED) is 0.787. The first-order valence-corrected chi connectivity index (χ1v) is 10.7. The van der Waals surface area contributed by atoms with Crippen LogP contribution in [0.1, 0.15) is 36.8 Å². The number of aliphatic carboxylic acids is 1. The molecule has 1 aliphatic heterocycles. The Balaban J connectivity index is 1.37. The van der Waals surface area contributed by atoms with E-state index in [0.717, 1.165) is 6.42 Å². The lowest BCUT2D eigenvalue weighted by molar-refractivity contribution is -0.144. The summed E-state index contributed by atoms with van der Waals surface area (Å²) in [5.41, 5.74) is 4.80. The highest BCUT2D eigenvalue weighted by Crippen LogP contribution is 2.44. The highest BCUT2D eigenvalue weighted by molar-refractivity contribution is 5.79. The fourth-order valence-electron chi connectivity index (χ4n) is 4.64. The van der Waals surface area contributed by atoms with Gasteiger partial charge in [-0.1, -0.05) is 61.9 Å². The Hall–Kier alpha value is -2.86. The molecule has 1 saturated heterocycles. The molecule has 1 amide bonds. The monoisotopic (exact) mass is 408 g/mol. The summed E-state index contributed by atoms with van der Waals surface area (Å²) in [6, 6.07) is 16.1. The van der Waals surface area contributed by atoms with Crippen molar-refractivity contribution in [1.29, 1.82) is 0 Å². The number of hydrogen-bond acceptors (Lipinski definition) is 4. The third-order valence-corrected chi connectivity index (χ3v) is 6.20. The number of carboxylic acids is 1. The van der Waals surface area contributed by atoms with Crippen molar-refractivity contribution in [3.8, 4) is 11.1 Å². The smallest absolute Gasteiger partial charge is 0.409 e. The second-order valence-electron chi connectivity index (χ2n) is 7.97. The number of piperazine rings is 1. The Bertz CT molecular complexity index is 875. The number of benzene rings is 2. The maximum atomic E-state index is 12.7. The highest BCUT2D eigenvalue weighted by Gasteiger charge is 2.32. The predicted molar refractivity (Wildman–Crippen MR) is 115 cm³/mol. The van der Waals surface area contributed by atoms with Gasteiger partial charge in [0.2, 0.25) is 0 Å². The van der Waals surface area contributed by atoms with Crippen molar-refractivity contribution in [3.05, 3.63) is 59.7 Å². The zero-order valence-electron chi connectivity index (χ0n) is 17.3. The van der Waals surface area contributed by atoms with Crippen molar-refractivity contribution in [3.63, 3.8) is 0 Å². The van der Waals surface area contributed by atoms with Crippen LogP contribution in [0.15, 0.2) is 48.5 Å². The normalized spacial score (nSPS) is 17.3. The maximum Gasteiger partial charge on any atom is 0.409 e. The van der Waals surface area contributed by atoms with E-state index < -0.39 is 12.0 Å². The minimum atomic E-state index is -0.786. The first-order valence-electron chi connectivity index (χ1n) is 10.7. The van der Waals surface area contributed by atoms with Crippen LogP contribution in [0.3, 0.4) is 0 Å². The van der Waals surface area contributed by atoms with Gasteiger partial charge in [0.05, 0.1) is 0 Å². The molecule has 2 aromatic carbocycles. The molecule has 1 fully saturated rings. The summed E-state index contributed by atoms with van der Waals surface area (Å²) in [7, 11) is 0. The van der Waals surface area contributed by atoms with Crippen LogP contribution in [-0.4, -0.2) is 65.8 Å². The molecule has 1 N–H and O–H groups in total. The average molecular weight is 408 g/mol. The lowest BCUT2D eigenvalue weighted by atomic mass is 9.98. The summed E-state index contributed by atoms with van der Waals surface area (Å²) in [5, 5.41) is 9.45. The second kappa shape index (κ2) is 8.88. The molecule has 4 rings (SSSR count). The van der Waals surface area contributed by atoms with Crippen LogP contribution in [-0.2, 0) is 9.53 Å². The van der Waals surface area contributed by atoms with E-state index in [-0.39, 0.29) is 12.0 Å². The second-order valence-corrected chi connectivity index (χ2v) is 7.97. The fourth-order valence-corrected chi connectivity index (χ4v) is 4.64. The molecular formula is C24H28N2O4. The fraction of sp³-hybridized carbons (Fsp3) is 0.417. The number of rotatable bonds is 6. The lowest BCUT2D eigenvalue weighted by Crippen LogP contribution is -2.54. The predicted octanol–water partition coefficient (Wildman–Crippen LogP) is 3.81. The summed E-state index contributed by atoms with van der Waals surface area (Å²) < 4.78 is 5.72. The number of carbonyl (C=O) groups excluding carboxylic acids is 1. The number of hydrogen-bond donors (Lipinski definition) is 1. The number of ether oxygens (including phenoxy) is 1. The zero-order chi connectivity index (χ0) is 21.1. The summed E-state index contributed by atoms with van der Waals surface area (Å²) in [6.07, 6.45) is 1.13. The maximum absolute atomic E-state index is 12.7. The molecule has 0 bridgehead atoms. The first kappa shape index (κ1) is 20.4. The van der Waals surface area contributed by atoms with Crippen LogP contribution in [0.5, 0.6) is 0 Å². The van der Waals surface area contributed by atoms with E-state index >= 15 is 0 Å². The van der Waals surface area contributed by atoms with Gasteiger partial charge in [-0.2, -0.15) is 0 Å². The van der Waals surface area contributed by atoms with Crippen LogP contribution in [0, 0.1) is 0 Å². The standard InChI is InChI=1S/C24H28N2O4/c1-2-7-22(23(27)28)25-12-14-26(15-13-25)24(29)30-16-21-19-10-5-3-8-17(19)18-9-4-6-11-20(18)21/h3-6,8-11,21-22H,2,7,12-16H2,1H3,(H,27,28). The Morgan fingerprint density at radius 1 is 1.00 bits per heavy atom. The molecule has 1 heterocycles. The Morgan fingerprint density at radius 3 is 2.10 bits per heavy atom. The summed E-state index contributed by atoms with van der Waals surface area (Å²) in [6.45, 7) is 4.39. The zero-order valence-corrected chi connectivity index (χ0v) is 17.3. The largest absolute Gasteiger partial charge is 0.480 e. The van der Waals surface area contributed by atoms with Gasteiger partial charge in [-0.3, -0.25) is 9.69 Å². The van der Waals surface area contributed by atoms with Gasteiger partial charge in [0.15, 0.2) is 0 Å². The van der Waals surface area contributed by atoms with E-state index in [0.29, 0.717) is 39.2 Å². The summed E-state index contributed by atoms with van der Waals surface area (Å²) in [5.74, 6) is -0.741. The molecule has 6 nitrogen and oxygen atoms in total. The Kier molecular flexibility index (Phi) is 6.04. The van der Waals surface area contributed by atoms with Crippen molar-refractivity contribution in [2.75, 3.05) is 32.8 Å². The van der Waals surface area contributed by atoms with E-state index in [9.17, 15) is 14.7 Å². The van der Waals surface area contributed by atoms with Gasteiger partial charge in [0, 0.05) is 32.1 Å². The molecule has 158 valence electrons. The Morgan fingerprint density at radius 2 is 1.57 bits per heavy atom. The molecular weight excluding hydrogens is 380 g/mol. The molecule has 2 aromatic rings. The molecule has 6 heteroatoms. The van der Waals surface area contributed by atoms with Crippen molar-refractivity contribution >= 4 is 12.1 Å². The van der Waals surface area contributed by atoms with Crippen molar-refractivity contribution in [2.24, 2.45) is 0 Å². The third kappa shape index (κ3) is 3.92. The number of amides is 1. The van der Waals surface area contributed by atoms with E-state index in [2.05, 4.69) is 24.3 Å². The minimum Gasteiger partial charge on any atom is -0.480 e. The van der Waals surface area contributed by atoms with Gasteiger partial charge >= 0.3 is 12.1 Å². The summed E-state index contributed by atoms with van der Waals surface area (Å²) >= 11 is 0. The third-order valence-electron chi connectivity index (χ3n) is 6.20. The first-order chi connectivity index (χ1) is 14.6. The molecule has 0 spiro atoms. The van der Waals surface area contributed by atoms with Gasteiger partial charge in [0.1, 0.15) is 12.6 Å². The number of fused-ring (bicyclic) bond motifs is 3. The van der Waals surface area contributed by atoms with Crippen LogP contribution in [0.4, 0.5) is 4.79 Å². The Labute approximate surface area is 177 Å². The van der Waals surface area contributed by atoms with Gasteiger partial charge in [-0.25, -0.2) is 4.79 Å². The van der Waals surface area contributed by atoms with Gasteiger partial charge in [-0.15, -0.1) is 0 Å². The van der Waals surface area contributed by atoms with Gasteiger partial charge in [0.25, 0.3) is 0 Å². The molecule has 0 aromatic heterocycles.